The summed E-state index contributed by atoms with van der Waals surface area (Å²) >= 11 is 0. The van der Waals surface area contributed by atoms with E-state index in [0.29, 0.717) is 12.0 Å². The van der Waals surface area contributed by atoms with E-state index in [1.54, 1.807) is 12.1 Å². The Balaban J connectivity index is 2.05. The maximum atomic E-state index is 12.7. The first-order chi connectivity index (χ1) is 13.1. The SMILES string of the molecule is CCCCCCC(CC(=O)O)C(=O)c1ccc(C#Cc2ccccc2)cc1. The van der Waals surface area contributed by atoms with Gasteiger partial charge in [-0.2, -0.15) is 0 Å². The first-order valence-corrected chi connectivity index (χ1v) is 9.53. The number of hydrogen-bond acceptors (Lipinski definition) is 2. The fraction of sp³-hybridized carbons (Fsp3) is 0.333. The van der Waals surface area contributed by atoms with E-state index in [0.717, 1.165) is 36.8 Å². The summed E-state index contributed by atoms with van der Waals surface area (Å²) in [5.41, 5.74) is 2.32. The molecule has 0 radical (unpaired) electrons. The summed E-state index contributed by atoms with van der Waals surface area (Å²) in [5.74, 6) is 4.70. The number of carbonyl (C=O) groups excluding carboxylic acids is 1. The molecular formula is C24H26O3. The normalized spacial score (nSPS) is 11.3. The standard InChI is InChI=1S/C24H26O3/c1-2-3-4-8-11-22(18-23(25)26)24(27)21-16-14-20(15-17-21)13-12-19-9-6-5-7-10-19/h5-7,9-10,14-17,22H,2-4,8,11,18H2,1H3,(H,25,26). The van der Waals surface area contributed by atoms with Crippen LogP contribution in [0.5, 0.6) is 0 Å². The van der Waals surface area contributed by atoms with E-state index in [4.69, 9.17) is 5.11 Å². The van der Waals surface area contributed by atoms with Gasteiger partial charge < -0.3 is 5.11 Å². The zero-order chi connectivity index (χ0) is 19.5. The highest BCUT2D eigenvalue weighted by atomic mass is 16.4. The molecule has 1 unspecified atom stereocenters. The Bertz CT molecular complexity index is 795. The van der Waals surface area contributed by atoms with E-state index in [1.807, 2.05) is 42.5 Å². The number of hydrogen-bond donors (Lipinski definition) is 1. The van der Waals surface area contributed by atoms with Crippen molar-refractivity contribution in [1.82, 2.24) is 0 Å². The molecule has 2 aromatic carbocycles. The fourth-order valence-corrected chi connectivity index (χ4v) is 2.97. The molecule has 27 heavy (non-hydrogen) atoms. The average Bonchev–Trinajstić information content (AvgIpc) is 2.69. The van der Waals surface area contributed by atoms with Crippen LogP contribution >= 0.6 is 0 Å². The second-order valence-corrected chi connectivity index (χ2v) is 6.70. The number of unbranched alkanes of at least 4 members (excludes halogenated alkanes) is 3. The molecular weight excluding hydrogens is 336 g/mol. The van der Waals surface area contributed by atoms with Gasteiger partial charge in [0.25, 0.3) is 0 Å². The second-order valence-electron chi connectivity index (χ2n) is 6.70. The van der Waals surface area contributed by atoms with Gasteiger partial charge in [0.15, 0.2) is 5.78 Å². The lowest BCUT2D eigenvalue weighted by Gasteiger charge is -2.14. The molecule has 0 aromatic heterocycles. The van der Waals surface area contributed by atoms with Gasteiger partial charge in [0, 0.05) is 22.6 Å². The second kappa shape index (κ2) is 11.0. The van der Waals surface area contributed by atoms with Gasteiger partial charge in [-0.15, -0.1) is 0 Å². The number of carboxylic acid groups (broad SMARTS) is 1. The lowest BCUT2D eigenvalue weighted by Crippen LogP contribution is -2.18. The van der Waals surface area contributed by atoms with Crippen molar-refractivity contribution in [3.63, 3.8) is 0 Å². The van der Waals surface area contributed by atoms with E-state index in [1.165, 1.54) is 0 Å². The molecule has 0 saturated heterocycles. The number of benzene rings is 2. The Hall–Kier alpha value is -2.86. The molecule has 0 aliphatic rings. The molecule has 0 amide bonds. The summed E-state index contributed by atoms with van der Waals surface area (Å²) in [5, 5.41) is 9.13. The van der Waals surface area contributed by atoms with Crippen molar-refractivity contribution in [1.29, 1.82) is 0 Å². The van der Waals surface area contributed by atoms with Crippen LogP contribution in [0.1, 0.15) is 66.9 Å². The van der Waals surface area contributed by atoms with Crippen LogP contribution in [0, 0.1) is 17.8 Å². The zero-order valence-electron chi connectivity index (χ0n) is 15.8. The molecule has 0 aliphatic carbocycles. The highest BCUT2D eigenvalue weighted by Gasteiger charge is 2.22. The van der Waals surface area contributed by atoms with Crippen LogP contribution in [0.4, 0.5) is 0 Å². The van der Waals surface area contributed by atoms with Gasteiger partial charge in [0.2, 0.25) is 0 Å². The maximum Gasteiger partial charge on any atom is 0.304 e. The number of Topliss-reactive ketones (excluding diaryl/α,β-unsaturated/α-hetero) is 1. The van der Waals surface area contributed by atoms with Crippen molar-refractivity contribution in [2.24, 2.45) is 5.92 Å². The molecule has 2 aromatic rings. The quantitative estimate of drug-likeness (QED) is 0.373. The maximum absolute atomic E-state index is 12.7. The molecule has 0 bridgehead atoms. The molecule has 140 valence electrons. The van der Waals surface area contributed by atoms with Gasteiger partial charge in [-0.25, -0.2) is 0 Å². The molecule has 2 rings (SSSR count). The van der Waals surface area contributed by atoms with Crippen LogP contribution < -0.4 is 0 Å². The third-order valence-electron chi connectivity index (χ3n) is 4.49. The van der Waals surface area contributed by atoms with Gasteiger partial charge in [0.1, 0.15) is 0 Å². The summed E-state index contributed by atoms with van der Waals surface area (Å²) in [4.78, 5) is 23.9. The van der Waals surface area contributed by atoms with Crippen LogP contribution in [-0.2, 0) is 4.79 Å². The lowest BCUT2D eigenvalue weighted by atomic mass is 9.89. The van der Waals surface area contributed by atoms with Crippen molar-refractivity contribution in [3.05, 3.63) is 71.3 Å². The van der Waals surface area contributed by atoms with Crippen molar-refractivity contribution in [2.45, 2.75) is 45.4 Å². The van der Waals surface area contributed by atoms with Crippen LogP contribution in [0.15, 0.2) is 54.6 Å². The Morgan fingerprint density at radius 1 is 0.889 bits per heavy atom. The van der Waals surface area contributed by atoms with E-state index in [9.17, 15) is 9.59 Å². The van der Waals surface area contributed by atoms with Crippen LogP contribution in [0.2, 0.25) is 0 Å². The minimum absolute atomic E-state index is 0.0866. The third kappa shape index (κ3) is 7.11. The van der Waals surface area contributed by atoms with Gasteiger partial charge in [-0.3, -0.25) is 9.59 Å². The van der Waals surface area contributed by atoms with Crippen molar-refractivity contribution < 1.29 is 14.7 Å². The van der Waals surface area contributed by atoms with E-state index >= 15 is 0 Å². The van der Waals surface area contributed by atoms with Gasteiger partial charge in [0.05, 0.1) is 6.42 Å². The molecule has 0 aliphatic heterocycles. The van der Waals surface area contributed by atoms with E-state index in [2.05, 4.69) is 18.8 Å². The first-order valence-electron chi connectivity index (χ1n) is 9.53. The predicted molar refractivity (Wildman–Crippen MR) is 108 cm³/mol. The van der Waals surface area contributed by atoms with Crippen molar-refractivity contribution in [3.8, 4) is 11.8 Å². The van der Waals surface area contributed by atoms with Crippen molar-refractivity contribution in [2.75, 3.05) is 0 Å². The van der Waals surface area contributed by atoms with E-state index < -0.39 is 11.9 Å². The summed E-state index contributed by atoms with van der Waals surface area (Å²) in [6, 6.07) is 16.8. The molecule has 1 atom stereocenters. The summed E-state index contributed by atoms with van der Waals surface area (Å²) < 4.78 is 0. The monoisotopic (exact) mass is 362 g/mol. The molecule has 0 heterocycles. The van der Waals surface area contributed by atoms with Gasteiger partial charge in [-0.1, -0.05) is 74.8 Å². The Morgan fingerprint density at radius 2 is 1.52 bits per heavy atom. The number of rotatable bonds is 9. The highest BCUT2D eigenvalue weighted by molar-refractivity contribution is 5.99. The number of carboxylic acids is 1. The minimum Gasteiger partial charge on any atom is -0.481 e. The van der Waals surface area contributed by atoms with E-state index in [-0.39, 0.29) is 12.2 Å². The fourth-order valence-electron chi connectivity index (χ4n) is 2.97. The van der Waals surface area contributed by atoms with Crippen LogP contribution in [0.3, 0.4) is 0 Å². The number of aliphatic carboxylic acids is 1. The highest BCUT2D eigenvalue weighted by Crippen LogP contribution is 2.20. The van der Waals surface area contributed by atoms with Gasteiger partial charge >= 0.3 is 5.97 Å². The molecule has 0 saturated carbocycles. The Labute approximate surface area is 161 Å². The Morgan fingerprint density at radius 3 is 2.11 bits per heavy atom. The molecule has 0 fully saturated rings. The topological polar surface area (TPSA) is 54.4 Å². The summed E-state index contributed by atoms with van der Waals surface area (Å²) in [6.07, 6.45) is 4.67. The lowest BCUT2D eigenvalue weighted by molar-refractivity contribution is -0.137. The average molecular weight is 362 g/mol. The molecule has 3 heteroatoms. The van der Waals surface area contributed by atoms with Gasteiger partial charge in [-0.05, 0) is 30.7 Å². The molecule has 3 nitrogen and oxygen atoms in total. The van der Waals surface area contributed by atoms with Crippen molar-refractivity contribution >= 4 is 11.8 Å². The minimum atomic E-state index is -0.922. The molecule has 0 spiro atoms. The smallest absolute Gasteiger partial charge is 0.304 e. The number of carbonyl (C=O) groups is 2. The molecule has 1 N–H and O–H groups in total. The van der Waals surface area contributed by atoms with Crippen LogP contribution in [-0.4, -0.2) is 16.9 Å². The number of ketones is 1. The Kier molecular flexibility index (Phi) is 8.32. The largest absolute Gasteiger partial charge is 0.481 e. The first kappa shape index (κ1) is 20.5. The summed E-state index contributed by atoms with van der Waals surface area (Å²) in [7, 11) is 0. The zero-order valence-corrected chi connectivity index (χ0v) is 15.8. The third-order valence-corrected chi connectivity index (χ3v) is 4.49. The van der Waals surface area contributed by atoms with Crippen LogP contribution in [0.25, 0.3) is 0 Å². The predicted octanol–water partition coefficient (Wildman–Crippen LogP) is 5.33. The summed E-state index contributed by atoms with van der Waals surface area (Å²) in [6.45, 7) is 2.13.